The van der Waals surface area contributed by atoms with Gasteiger partial charge in [0, 0.05) is 95.1 Å². The van der Waals surface area contributed by atoms with Crippen molar-refractivity contribution >= 4 is 57.4 Å². The summed E-state index contributed by atoms with van der Waals surface area (Å²) >= 11 is 0. The van der Waals surface area contributed by atoms with Crippen molar-refractivity contribution in [3.05, 3.63) is 96.3 Å². The number of hydrogen-bond donors (Lipinski definition) is 4. The number of carbonyl (C=O) groups excluding carboxylic acids is 2. The molecule has 10 rings (SSSR count). The third-order valence-electron chi connectivity index (χ3n) is 13.4. The number of benzene rings is 2. The van der Waals surface area contributed by atoms with E-state index in [-0.39, 0.29) is 17.4 Å². The number of rotatable bonds is 14. The fourth-order valence-electron chi connectivity index (χ4n) is 9.57. The summed E-state index contributed by atoms with van der Waals surface area (Å²) in [5.41, 5.74) is 4.84. The molecule has 14 heteroatoms. The molecule has 0 radical (unpaired) electrons. The Labute approximate surface area is 376 Å². The Morgan fingerprint density at radius 3 is 1.69 bits per heavy atom. The van der Waals surface area contributed by atoms with Crippen LogP contribution in [0.4, 0.5) is 23.5 Å². The van der Waals surface area contributed by atoms with E-state index < -0.39 is 0 Å². The monoisotopic (exact) mass is 865 g/mol. The zero-order valence-corrected chi connectivity index (χ0v) is 37.6. The molecule has 2 amide bonds. The average molecular weight is 865 g/mol. The van der Waals surface area contributed by atoms with Crippen molar-refractivity contribution in [3.63, 3.8) is 0 Å². The second kappa shape index (κ2) is 19.5. The van der Waals surface area contributed by atoms with Gasteiger partial charge in [-0.05, 0) is 68.2 Å². The fraction of sp³-hybridized carbons (Fsp3) is 0.480. The van der Waals surface area contributed by atoms with Crippen LogP contribution >= 0.6 is 0 Å². The number of anilines is 4. The lowest BCUT2D eigenvalue weighted by atomic mass is 10.1. The Kier molecular flexibility index (Phi) is 13.2. The summed E-state index contributed by atoms with van der Waals surface area (Å²) in [5, 5.41) is 7.86. The molecule has 2 aliphatic heterocycles. The van der Waals surface area contributed by atoms with Crippen LogP contribution in [0.5, 0.6) is 0 Å². The van der Waals surface area contributed by atoms with E-state index in [4.69, 9.17) is 9.97 Å². The standard InChI is InChI=1S/2C25H32N6O/c1-2-3-10-21(32)27-24-28-22-20(11-14-26-22)23(29-24)30-15-7-16-31(25(18-30)12-13-25)17-19-8-5-4-6-9-19;1-2-3-9-21(32)27-24-28-22-20(10-13-26-22)23(29-24)31-15-14-30(17-25(18-31)11-12-25)16-19-7-5-4-6-8-19/h4-6,8-9,11,14H,2-3,7,10,12-13,15-18H2,1H3,(H2,26,27,28,29,32);4-8,10,13H,2-3,9,11-12,14-18H2,1H3,(H2,26,27,28,29,32). The minimum absolute atomic E-state index is 0.0210. The number of aromatic amines is 2. The second-order valence-corrected chi connectivity index (χ2v) is 18.5. The van der Waals surface area contributed by atoms with Crippen LogP contribution < -0.4 is 20.4 Å². The first-order valence-electron chi connectivity index (χ1n) is 23.7. The van der Waals surface area contributed by atoms with Gasteiger partial charge in [-0.3, -0.25) is 30.0 Å². The first-order valence-corrected chi connectivity index (χ1v) is 23.7. The van der Waals surface area contributed by atoms with Crippen LogP contribution in [0, 0.1) is 5.41 Å². The molecule has 0 unspecified atom stereocenters. The van der Waals surface area contributed by atoms with Crippen LogP contribution in [0.3, 0.4) is 0 Å². The Balaban J connectivity index is 0.000000162. The molecule has 6 heterocycles. The van der Waals surface area contributed by atoms with Gasteiger partial charge in [0.15, 0.2) is 0 Å². The highest BCUT2D eigenvalue weighted by Gasteiger charge is 2.50. The van der Waals surface area contributed by atoms with Crippen LogP contribution in [0.2, 0.25) is 0 Å². The summed E-state index contributed by atoms with van der Waals surface area (Å²) in [6.45, 7) is 13.2. The van der Waals surface area contributed by atoms with Crippen LogP contribution in [-0.4, -0.2) is 103 Å². The Bertz CT molecular complexity index is 2400. The second-order valence-electron chi connectivity index (χ2n) is 18.5. The number of nitrogens with one attached hydrogen (secondary N) is 4. The van der Waals surface area contributed by atoms with Gasteiger partial charge in [-0.15, -0.1) is 0 Å². The molecule has 0 bridgehead atoms. The van der Waals surface area contributed by atoms with Crippen molar-refractivity contribution in [3.8, 4) is 0 Å². The molecular weight excluding hydrogens is 801 g/mol. The van der Waals surface area contributed by atoms with E-state index in [9.17, 15) is 9.59 Å². The van der Waals surface area contributed by atoms with Crippen LogP contribution in [0.15, 0.2) is 85.2 Å². The molecule has 0 atom stereocenters. The first-order chi connectivity index (χ1) is 31.3. The van der Waals surface area contributed by atoms with E-state index in [1.807, 2.05) is 24.5 Å². The first kappa shape index (κ1) is 43.4. The lowest BCUT2D eigenvalue weighted by Crippen LogP contribution is -2.43. The average Bonchev–Trinajstić information content (AvgIpc) is 4.18. The largest absolute Gasteiger partial charge is 0.354 e. The maximum atomic E-state index is 12.3. The van der Waals surface area contributed by atoms with Crippen molar-refractivity contribution in [1.29, 1.82) is 0 Å². The van der Waals surface area contributed by atoms with Gasteiger partial charge in [0.1, 0.15) is 22.9 Å². The van der Waals surface area contributed by atoms with Gasteiger partial charge in [0.05, 0.1) is 10.8 Å². The predicted molar refractivity (Wildman–Crippen MR) is 255 cm³/mol. The lowest BCUT2D eigenvalue weighted by molar-refractivity contribution is -0.117. The summed E-state index contributed by atoms with van der Waals surface area (Å²) in [7, 11) is 0. The molecule has 2 aromatic carbocycles. The number of fused-ring (bicyclic) bond motifs is 2. The summed E-state index contributed by atoms with van der Waals surface area (Å²) in [4.78, 5) is 59.9. The summed E-state index contributed by atoms with van der Waals surface area (Å²) in [6, 6.07) is 25.6. The Morgan fingerprint density at radius 1 is 0.609 bits per heavy atom. The molecule has 14 nitrogen and oxygen atoms in total. The molecule has 2 saturated carbocycles. The van der Waals surface area contributed by atoms with Crippen molar-refractivity contribution in [2.24, 2.45) is 5.41 Å². The minimum atomic E-state index is -0.0210. The number of nitrogens with zero attached hydrogens (tertiary/aromatic N) is 8. The van der Waals surface area contributed by atoms with Crippen molar-refractivity contribution < 1.29 is 9.59 Å². The van der Waals surface area contributed by atoms with Gasteiger partial charge in [-0.1, -0.05) is 87.4 Å². The normalized spacial score (nSPS) is 18.1. The molecule has 2 aliphatic carbocycles. The molecule has 2 spiro atoms. The van der Waals surface area contributed by atoms with Crippen molar-refractivity contribution in [2.75, 3.05) is 66.2 Å². The smallest absolute Gasteiger partial charge is 0.233 e. The number of H-pyrrole nitrogens is 2. The maximum Gasteiger partial charge on any atom is 0.233 e. The third-order valence-corrected chi connectivity index (χ3v) is 13.4. The highest BCUT2D eigenvalue weighted by molar-refractivity contribution is 5.94. The van der Waals surface area contributed by atoms with Gasteiger partial charge in [-0.25, -0.2) is 0 Å². The summed E-state index contributed by atoms with van der Waals surface area (Å²) in [5.74, 6) is 2.60. The molecule has 4 aromatic heterocycles. The molecule has 4 aliphatic rings. The van der Waals surface area contributed by atoms with Gasteiger partial charge in [0.2, 0.25) is 23.7 Å². The molecule has 2 saturated heterocycles. The molecular formula is C50H64N12O2. The number of amides is 2. The van der Waals surface area contributed by atoms with Gasteiger partial charge in [-0.2, -0.15) is 19.9 Å². The molecule has 336 valence electrons. The van der Waals surface area contributed by atoms with Crippen molar-refractivity contribution in [1.82, 2.24) is 39.7 Å². The fourth-order valence-corrected chi connectivity index (χ4v) is 9.57. The van der Waals surface area contributed by atoms with Crippen LogP contribution in [0.25, 0.3) is 22.1 Å². The van der Waals surface area contributed by atoms with Crippen LogP contribution in [-0.2, 0) is 22.7 Å². The van der Waals surface area contributed by atoms with E-state index in [0.717, 1.165) is 125 Å². The van der Waals surface area contributed by atoms with E-state index in [1.165, 1.54) is 36.8 Å². The summed E-state index contributed by atoms with van der Waals surface area (Å²) < 4.78 is 0. The SMILES string of the molecule is CCCCC(=O)Nc1nc(N2CCCN(Cc3ccccc3)C3(CC3)C2)c2cc[nH]c2n1.CCCCC(=O)Nc1nc(N2CCN(Cc3ccccc3)CC3(CC3)C2)c2cc[nH]c2n1. The number of aromatic nitrogens is 6. The Hall–Kier alpha value is -5.86. The van der Waals surface area contributed by atoms with Crippen LogP contribution in [0.1, 0.15) is 95.6 Å². The van der Waals surface area contributed by atoms with Gasteiger partial charge >= 0.3 is 0 Å². The number of hydrogen-bond acceptors (Lipinski definition) is 10. The maximum absolute atomic E-state index is 12.3. The molecule has 64 heavy (non-hydrogen) atoms. The van der Waals surface area contributed by atoms with E-state index in [0.29, 0.717) is 30.2 Å². The third kappa shape index (κ3) is 10.4. The minimum Gasteiger partial charge on any atom is -0.354 e. The quantitative estimate of drug-likeness (QED) is 0.0838. The Morgan fingerprint density at radius 2 is 1.16 bits per heavy atom. The zero-order valence-electron chi connectivity index (χ0n) is 37.6. The topological polar surface area (TPSA) is 154 Å². The van der Waals surface area contributed by atoms with E-state index in [2.05, 4.69) is 125 Å². The highest BCUT2D eigenvalue weighted by atomic mass is 16.2. The number of unbranched alkanes of at least 4 members (excludes halogenated alkanes) is 2. The molecule has 6 aromatic rings. The molecule has 4 fully saturated rings. The van der Waals surface area contributed by atoms with Crippen molar-refractivity contribution in [2.45, 2.75) is 103 Å². The van der Waals surface area contributed by atoms with Gasteiger partial charge < -0.3 is 19.8 Å². The summed E-state index contributed by atoms with van der Waals surface area (Å²) in [6.07, 6.45) is 14.6. The van der Waals surface area contributed by atoms with E-state index in [1.54, 1.807) is 0 Å². The molecule has 4 N–H and O–H groups in total. The van der Waals surface area contributed by atoms with Gasteiger partial charge in [0.25, 0.3) is 0 Å². The highest BCUT2D eigenvalue weighted by Crippen LogP contribution is 2.49. The van der Waals surface area contributed by atoms with E-state index >= 15 is 0 Å². The number of carbonyl (C=O) groups is 2. The lowest BCUT2D eigenvalue weighted by Gasteiger charge is -2.32. The zero-order chi connectivity index (χ0) is 43.9. The predicted octanol–water partition coefficient (Wildman–Crippen LogP) is 8.52.